The van der Waals surface area contributed by atoms with Gasteiger partial charge in [-0.2, -0.15) is 4.98 Å². The second-order valence-corrected chi connectivity index (χ2v) is 8.13. The quantitative estimate of drug-likeness (QED) is 0.452. The average molecular weight is 447 g/mol. The van der Waals surface area contributed by atoms with E-state index < -0.39 is 24.0 Å². The molecule has 0 radical (unpaired) electrons. The molecule has 0 aliphatic carbocycles. The van der Waals surface area contributed by atoms with Gasteiger partial charge < -0.3 is 34.4 Å². The number of nitrogens with one attached hydrogen (secondary N) is 2. The van der Waals surface area contributed by atoms with Crippen molar-refractivity contribution >= 4 is 28.6 Å². The summed E-state index contributed by atoms with van der Waals surface area (Å²) in [5.41, 5.74) is 6.86. The minimum atomic E-state index is -1.24. The van der Waals surface area contributed by atoms with Crippen LogP contribution in [0.4, 0.5) is 5.82 Å². The number of halogens is 1. The molecule has 2 fully saturated rings. The van der Waals surface area contributed by atoms with Gasteiger partial charge in [0.2, 0.25) is 0 Å². The highest BCUT2D eigenvalue weighted by Gasteiger charge is 2.59. The standard InChI is InChI=1S/C19H19ClN6O5/c20-8-4-9-17(25-16(8)23-10-5-28-12-2-1-3-22-14(10)12)26-18(24-9)31-13-7-29-15-11(27)6-30-19(13,15)21/h1-4,10-11,13,15,27H,5-7,21H2,(H2,23,24,25,26)/t10-,11-,13-,15-,19-/m1/s1. The molecule has 5 N–H and O–H groups in total. The highest BCUT2D eigenvalue weighted by molar-refractivity contribution is 6.33. The molecular weight excluding hydrogens is 428 g/mol. The number of anilines is 1. The van der Waals surface area contributed by atoms with E-state index in [0.29, 0.717) is 28.6 Å². The molecule has 6 rings (SSSR count). The van der Waals surface area contributed by atoms with Crippen molar-refractivity contribution in [2.75, 3.05) is 25.1 Å². The van der Waals surface area contributed by atoms with Crippen LogP contribution in [0.15, 0.2) is 24.4 Å². The van der Waals surface area contributed by atoms with Crippen LogP contribution in [0.25, 0.3) is 11.2 Å². The van der Waals surface area contributed by atoms with E-state index >= 15 is 0 Å². The second kappa shape index (κ2) is 6.90. The Morgan fingerprint density at radius 3 is 3.13 bits per heavy atom. The Bertz CT molecular complexity index is 1160. The first kappa shape index (κ1) is 19.0. The number of nitrogens with two attached hydrogens (primary N) is 1. The zero-order chi connectivity index (χ0) is 21.2. The van der Waals surface area contributed by atoms with Crippen molar-refractivity contribution in [3.8, 4) is 11.8 Å². The number of H-pyrrole nitrogens is 1. The first-order valence-corrected chi connectivity index (χ1v) is 10.2. The molecule has 0 aromatic carbocycles. The van der Waals surface area contributed by atoms with Crippen molar-refractivity contribution in [2.24, 2.45) is 5.73 Å². The van der Waals surface area contributed by atoms with Crippen LogP contribution in [0, 0.1) is 0 Å². The number of aliphatic hydroxyl groups is 1. The van der Waals surface area contributed by atoms with Crippen molar-refractivity contribution in [1.82, 2.24) is 19.9 Å². The van der Waals surface area contributed by atoms with Gasteiger partial charge in [-0.15, -0.1) is 0 Å². The fraction of sp³-hybridized carbons (Fsp3) is 0.421. The Hall–Kier alpha value is -2.70. The topological polar surface area (TPSA) is 150 Å². The maximum Gasteiger partial charge on any atom is 0.296 e. The maximum absolute atomic E-state index is 9.95. The summed E-state index contributed by atoms with van der Waals surface area (Å²) >= 11 is 6.44. The van der Waals surface area contributed by atoms with E-state index in [9.17, 15) is 5.11 Å². The molecule has 0 saturated carbocycles. The van der Waals surface area contributed by atoms with Gasteiger partial charge in [0.05, 0.1) is 23.8 Å². The van der Waals surface area contributed by atoms with Gasteiger partial charge in [0.15, 0.2) is 17.5 Å². The number of pyridine rings is 2. The van der Waals surface area contributed by atoms with E-state index in [-0.39, 0.29) is 25.3 Å². The molecule has 3 aliphatic rings. The number of imidazole rings is 1. The fourth-order valence-electron chi connectivity index (χ4n) is 4.17. The molecule has 0 unspecified atom stereocenters. The molecule has 31 heavy (non-hydrogen) atoms. The molecule has 12 heteroatoms. The molecule has 3 aliphatic heterocycles. The van der Waals surface area contributed by atoms with Crippen LogP contribution in [0.2, 0.25) is 5.02 Å². The summed E-state index contributed by atoms with van der Waals surface area (Å²) < 4.78 is 22.7. The number of aromatic amines is 1. The van der Waals surface area contributed by atoms with Crippen LogP contribution in [-0.2, 0) is 9.47 Å². The van der Waals surface area contributed by atoms with Crippen LogP contribution in [-0.4, -0.2) is 68.9 Å². The number of nitrogens with zero attached hydrogens (tertiary/aromatic N) is 3. The molecule has 5 atom stereocenters. The number of rotatable bonds is 4. The monoisotopic (exact) mass is 446 g/mol. The van der Waals surface area contributed by atoms with Crippen LogP contribution in [0.5, 0.6) is 11.8 Å². The van der Waals surface area contributed by atoms with Gasteiger partial charge in [-0.1, -0.05) is 11.6 Å². The normalized spacial score (nSPS) is 31.5. The summed E-state index contributed by atoms with van der Waals surface area (Å²) in [7, 11) is 0. The zero-order valence-electron chi connectivity index (χ0n) is 16.1. The Labute approximate surface area is 180 Å². The lowest BCUT2D eigenvalue weighted by atomic mass is 10.0. The van der Waals surface area contributed by atoms with Crippen molar-refractivity contribution in [1.29, 1.82) is 0 Å². The van der Waals surface area contributed by atoms with Crippen molar-refractivity contribution in [3.63, 3.8) is 0 Å². The van der Waals surface area contributed by atoms with Gasteiger partial charge in [0, 0.05) is 6.20 Å². The molecule has 11 nitrogen and oxygen atoms in total. The first-order chi connectivity index (χ1) is 15.0. The number of fused-ring (bicyclic) bond motifs is 3. The zero-order valence-corrected chi connectivity index (χ0v) is 16.9. The molecule has 0 amide bonds. The van der Waals surface area contributed by atoms with Gasteiger partial charge in [-0.05, 0) is 18.2 Å². The Morgan fingerprint density at radius 2 is 2.23 bits per heavy atom. The minimum absolute atomic E-state index is 0.0935. The molecule has 2 saturated heterocycles. The van der Waals surface area contributed by atoms with Crippen LogP contribution < -0.4 is 20.5 Å². The second-order valence-electron chi connectivity index (χ2n) is 7.72. The third-order valence-electron chi connectivity index (χ3n) is 5.73. The van der Waals surface area contributed by atoms with Gasteiger partial charge in [-0.25, -0.2) is 4.98 Å². The van der Waals surface area contributed by atoms with E-state index in [2.05, 4.69) is 25.3 Å². The predicted molar refractivity (Wildman–Crippen MR) is 108 cm³/mol. The lowest BCUT2D eigenvalue weighted by Crippen LogP contribution is -2.57. The maximum atomic E-state index is 9.95. The molecule has 162 valence electrons. The first-order valence-electron chi connectivity index (χ1n) is 9.81. The molecular formula is C19H19ClN6O5. The Morgan fingerprint density at radius 1 is 1.32 bits per heavy atom. The minimum Gasteiger partial charge on any atom is -0.489 e. The molecule has 0 spiro atoms. The van der Waals surface area contributed by atoms with E-state index in [1.165, 1.54) is 0 Å². The average Bonchev–Trinajstić information content (AvgIpc) is 3.49. The van der Waals surface area contributed by atoms with Gasteiger partial charge >= 0.3 is 0 Å². The summed E-state index contributed by atoms with van der Waals surface area (Å²) in [5.74, 6) is 1.20. The number of hydrogen-bond donors (Lipinski definition) is 4. The summed E-state index contributed by atoms with van der Waals surface area (Å²) in [6.45, 7) is 0.686. The molecule has 6 heterocycles. The van der Waals surface area contributed by atoms with E-state index in [0.717, 1.165) is 11.4 Å². The third kappa shape index (κ3) is 3.00. The van der Waals surface area contributed by atoms with Crippen molar-refractivity contribution in [2.45, 2.75) is 30.1 Å². The molecule has 0 bridgehead atoms. The predicted octanol–water partition coefficient (Wildman–Crippen LogP) is 0.744. The van der Waals surface area contributed by atoms with E-state index in [1.54, 1.807) is 12.3 Å². The van der Waals surface area contributed by atoms with Crippen LogP contribution in [0.1, 0.15) is 11.7 Å². The summed E-state index contributed by atoms with van der Waals surface area (Å²) in [6.07, 6.45) is -0.355. The SMILES string of the molecule is N[C@]12OC[C@@H](O)[C@H]1OC[C@H]2Oc1nc2nc(N[C@@H]3COc4cccnc43)c(Cl)cc2[nH]1. The summed E-state index contributed by atoms with van der Waals surface area (Å²) in [4.78, 5) is 16.3. The molecule has 3 aromatic rings. The number of aliphatic hydroxyl groups excluding tert-OH is 1. The van der Waals surface area contributed by atoms with Crippen LogP contribution in [0.3, 0.4) is 0 Å². The largest absolute Gasteiger partial charge is 0.489 e. The number of hydrogen-bond acceptors (Lipinski definition) is 10. The molecule has 3 aromatic heterocycles. The summed E-state index contributed by atoms with van der Waals surface area (Å²) in [6, 6.07) is 5.43. The highest BCUT2D eigenvalue weighted by Crippen LogP contribution is 2.37. The smallest absolute Gasteiger partial charge is 0.296 e. The van der Waals surface area contributed by atoms with Crippen molar-refractivity contribution < 1.29 is 24.1 Å². The lowest BCUT2D eigenvalue weighted by Gasteiger charge is -2.27. The van der Waals surface area contributed by atoms with Crippen LogP contribution >= 0.6 is 11.6 Å². The highest BCUT2D eigenvalue weighted by atomic mass is 35.5. The Kier molecular flexibility index (Phi) is 4.24. The lowest BCUT2D eigenvalue weighted by molar-refractivity contribution is -0.0647. The van der Waals surface area contributed by atoms with Gasteiger partial charge in [0.1, 0.15) is 42.1 Å². The number of aromatic nitrogens is 4. The Balaban J connectivity index is 1.24. The fourth-order valence-corrected chi connectivity index (χ4v) is 4.37. The van der Waals surface area contributed by atoms with Crippen molar-refractivity contribution in [3.05, 3.63) is 35.1 Å². The summed E-state index contributed by atoms with van der Waals surface area (Å²) in [5, 5.41) is 13.6. The van der Waals surface area contributed by atoms with E-state index in [4.69, 9.17) is 36.3 Å². The number of ether oxygens (including phenoxy) is 4. The third-order valence-corrected chi connectivity index (χ3v) is 6.02. The van der Waals surface area contributed by atoms with E-state index in [1.807, 2.05) is 12.1 Å². The van der Waals surface area contributed by atoms with Gasteiger partial charge in [-0.3, -0.25) is 10.7 Å². The van der Waals surface area contributed by atoms with Gasteiger partial charge in [0.25, 0.3) is 6.01 Å².